The van der Waals surface area contributed by atoms with Gasteiger partial charge in [0, 0.05) is 4.57 Å². The van der Waals surface area contributed by atoms with E-state index in [1.165, 1.54) is 0 Å². The van der Waals surface area contributed by atoms with E-state index in [0.29, 0.717) is 0 Å². The highest BCUT2D eigenvalue weighted by atomic mass is 31.1. The summed E-state index contributed by atoms with van der Waals surface area (Å²) < 4.78 is 17.8. The predicted molar refractivity (Wildman–Crippen MR) is 28.0 cm³/mol. The van der Waals surface area contributed by atoms with Crippen molar-refractivity contribution in [3.05, 3.63) is 12.8 Å². The van der Waals surface area contributed by atoms with E-state index < -0.39 is 14.4 Å². The Bertz CT molecular complexity index is 141. The highest BCUT2D eigenvalue weighted by molar-refractivity contribution is 7.34. The second kappa shape index (κ2) is 3.86. The second-order valence-electron chi connectivity index (χ2n) is 0.853. The van der Waals surface area contributed by atoms with Gasteiger partial charge in [-0.1, -0.05) is 6.58 Å². The summed E-state index contributed by atoms with van der Waals surface area (Å²) in [5.41, 5.74) is 0. The third kappa shape index (κ3) is 4.77. The molecule has 0 fully saturated rings. The lowest BCUT2D eigenvalue weighted by atomic mass is 11.2. The third-order valence-electron chi connectivity index (χ3n) is 0.313. The molecule has 9 heavy (non-hydrogen) atoms. The molecule has 0 heterocycles. The first-order valence-corrected chi connectivity index (χ1v) is 2.92. The van der Waals surface area contributed by atoms with E-state index >= 15 is 0 Å². The molecule has 0 aromatic heterocycles. The first-order valence-electron chi connectivity index (χ1n) is 1.82. The van der Waals surface area contributed by atoms with E-state index in [4.69, 9.17) is 5.11 Å². The molecule has 0 saturated heterocycles. The SMILES string of the molecule is C=CO[P+](=O)OC(=O)O. The van der Waals surface area contributed by atoms with Crippen molar-refractivity contribution in [1.82, 2.24) is 0 Å². The van der Waals surface area contributed by atoms with Gasteiger partial charge in [0.15, 0.2) is 0 Å². The van der Waals surface area contributed by atoms with Gasteiger partial charge < -0.3 is 5.11 Å². The molecule has 0 saturated carbocycles. The minimum Gasteiger partial charge on any atom is -0.447 e. The van der Waals surface area contributed by atoms with E-state index in [1.54, 1.807) is 0 Å². The van der Waals surface area contributed by atoms with Crippen LogP contribution < -0.4 is 0 Å². The number of rotatable bonds is 3. The van der Waals surface area contributed by atoms with Crippen LogP contribution in [0.4, 0.5) is 4.79 Å². The van der Waals surface area contributed by atoms with E-state index in [1.807, 2.05) is 0 Å². The third-order valence-corrected chi connectivity index (χ3v) is 0.940. The van der Waals surface area contributed by atoms with Crippen LogP contribution in [0.25, 0.3) is 0 Å². The maximum atomic E-state index is 10.1. The fourth-order valence-corrected chi connectivity index (χ4v) is 0.438. The van der Waals surface area contributed by atoms with Gasteiger partial charge in [0.2, 0.25) is 0 Å². The summed E-state index contributed by atoms with van der Waals surface area (Å²) in [5, 5.41) is 7.79. The fourth-order valence-electron chi connectivity index (χ4n) is 0.146. The van der Waals surface area contributed by atoms with Crippen molar-refractivity contribution in [1.29, 1.82) is 0 Å². The average molecular weight is 151 g/mol. The molecule has 5 nitrogen and oxygen atoms in total. The van der Waals surface area contributed by atoms with Crippen molar-refractivity contribution in [2.24, 2.45) is 0 Å². The Balaban J connectivity index is 3.50. The summed E-state index contributed by atoms with van der Waals surface area (Å²) in [5.74, 6) is 0. The van der Waals surface area contributed by atoms with Gasteiger partial charge in [-0.2, -0.15) is 4.79 Å². The molecule has 6 heteroatoms. The van der Waals surface area contributed by atoms with E-state index in [2.05, 4.69) is 15.6 Å². The smallest absolute Gasteiger partial charge is 0.447 e. The molecule has 0 spiro atoms. The summed E-state index contributed by atoms with van der Waals surface area (Å²) in [6, 6.07) is 0. The number of carboxylic acid groups (broad SMARTS) is 1. The fraction of sp³-hybridized carbons (Fsp3) is 0. The van der Waals surface area contributed by atoms with Crippen LogP contribution in [-0.2, 0) is 13.6 Å². The highest BCUT2D eigenvalue weighted by Crippen LogP contribution is 2.23. The van der Waals surface area contributed by atoms with Crippen molar-refractivity contribution >= 4 is 14.4 Å². The summed E-state index contributed by atoms with van der Waals surface area (Å²) in [7, 11) is -2.59. The van der Waals surface area contributed by atoms with Crippen molar-refractivity contribution in [3.8, 4) is 0 Å². The van der Waals surface area contributed by atoms with Crippen LogP contribution in [0.5, 0.6) is 0 Å². The predicted octanol–water partition coefficient (Wildman–Crippen LogP) is 1.50. The van der Waals surface area contributed by atoms with Crippen LogP contribution >= 0.6 is 8.25 Å². The lowest BCUT2D eigenvalue weighted by Crippen LogP contribution is -1.90. The van der Waals surface area contributed by atoms with Gasteiger partial charge in [-0.3, -0.25) is 0 Å². The van der Waals surface area contributed by atoms with Crippen LogP contribution in [0.2, 0.25) is 0 Å². The maximum absolute atomic E-state index is 10.1. The molecule has 0 amide bonds. The Hall–Kier alpha value is -1.09. The second-order valence-corrected chi connectivity index (χ2v) is 1.69. The summed E-state index contributed by atoms with van der Waals surface area (Å²) >= 11 is 0. The molecule has 0 bridgehead atoms. The topological polar surface area (TPSA) is 72.8 Å². The lowest BCUT2D eigenvalue weighted by Gasteiger charge is -1.76. The van der Waals surface area contributed by atoms with Gasteiger partial charge in [0.25, 0.3) is 0 Å². The molecule has 0 aliphatic rings. The Labute approximate surface area is 51.8 Å². The zero-order chi connectivity index (χ0) is 7.28. The zero-order valence-corrected chi connectivity index (χ0v) is 5.21. The molecule has 50 valence electrons. The van der Waals surface area contributed by atoms with Gasteiger partial charge in [-0.05, 0) is 0 Å². The zero-order valence-electron chi connectivity index (χ0n) is 4.31. The van der Waals surface area contributed by atoms with Crippen LogP contribution in [0.3, 0.4) is 0 Å². The number of carbonyl (C=O) groups is 1. The molecular formula is C3H4O5P+. The molecule has 0 aliphatic carbocycles. The molecule has 0 aromatic carbocycles. The standard InChI is InChI=1S/C3H3O5P/c1-2-7-9(6)8-3(4)5/h2H,1H2/p+1. The van der Waals surface area contributed by atoms with Crippen molar-refractivity contribution in [3.63, 3.8) is 0 Å². The molecule has 1 unspecified atom stereocenters. The van der Waals surface area contributed by atoms with Crippen molar-refractivity contribution in [2.75, 3.05) is 0 Å². The number of hydrogen-bond acceptors (Lipinski definition) is 4. The monoisotopic (exact) mass is 151 g/mol. The summed E-state index contributed by atoms with van der Waals surface area (Å²) in [6.45, 7) is 3.03. The molecule has 0 rings (SSSR count). The van der Waals surface area contributed by atoms with Crippen LogP contribution in [-0.4, -0.2) is 11.3 Å². The normalized spacial score (nSPS) is 9.56. The van der Waals surface area contributed by atoms with Gasteiger partial charge in [-0.25, -0.2) is 4.52 Å². The van der Waals surface area contributed by atoms with E-state index in [0.717, 1.165) is 6.26 Å². The highest BCUT2D eigenvalue weighted by Gasteiger charge is 2.24. The Morgan fingerprint density at radius 3 is 2.67 bits per heavy atom. The van der Waals surface area contributed by atoms with Gasteiger partial charge in [-0.15, -0.1) is 4.52 Å². The Morgan fingerprint density at radius 2 is 2.33 bits per heavy atom. The minimum atomic E-state index is -2.59. The van der Waals surface area contributed by atoms with Crippen LogP contribution in [0, 0.1) is 0 Å². The quantitative estimate of drug-likeness (QED) is 0.488. The Kier molecular flexibility index (Phi) is 3.39. The van der Waals surface area contributed by atoms with Crippen LogP contribution in [0.15, 0.2) is 12.8 Å². The van der Waals surface area contributed by atoms with E-state index in [9.17, 15) is 9.36 Å². The first-order chi connectivity index (χ1) is 4.16. The molecule has 0 radical (unpaired) electrons. The van der Waals surface area contributed by atoms with Gasteiger partial charge in [0.05, 0.1) is 0 Å². The largest absolute Gasteiger partial charge is 0.811 e. The summed E-state index contributed by atoms with van der Waals surface area (Å²) in [4.78, 5) is 9.56. The first kappa shape index (κ1) is 7.91. The van der Waals surface area contributed by atoms with Gasteiger partial charge >= 0.3 is 14.4 Å². The molecule has 0 aromatic rings. The average Bonchev–Trinajstić information content (AvgIpc) is 1.63. The summed E-state index contributed by atoms with van der Waals surface area (Å²) in [6.07, 6.45) is -0.806. The molecule has 1 atom stereocenters. The van der Waals surface area contributed by atoms with Crippen LogP contribution in [0.1, 0.15) is 0 Å². The number of hydrogen-bond donors (Lipinski definition) is 1. The molecule has 0 aliphatic heterocycles. The molecule has 1 N–H and O–H groups in total. The molecular weight excluding hydrogens is 147 g/mol. The van der Waals surface area contributed by atoms with Gasteiger partial charge in [0.1, 0.15) is 6.26 Å². The lowest BCUT2D eigenvalue weighted by molar-refractivity contribution is 0.141. The van der Waals surface area contributed by atoms with E-state index in [-0.39, 0.29) is 0 Å². The maximum Gasteiger partial charge on any atom is 0.811 e. The minimum absolute atomic E-state index is 0.835. The van der Waals surface area contributed by atoms with Crippen molar-refractivity contribution < 1.29 is 23.5 Å². The van der Waals surface area contributed by atoms with Crippen molar-refractivity contribution in [2.45, 2.75) is 0 Å². The Morgan fingerprint density at radius 1 is 1.78 bits per heavy atom.